The van der Waals surface area contributed by atoms with Gasteiger partial charge >= 0.3 is 5.97 Å². The Morgan fingerprint density at radius 1 is 1.00 bits per heavy atom. The molecule has 0 aromatic heterocycles. The minimum absolute atomic E-state index is 0.343. The molecule has 2 aromatic carbocycles. The molecule has 0 aliphatic heterocycles. The van der Waals surface area contributed by atoms with Crippen LogP contribution in [-0.2, 0) is 9.53 Å². The van der Waals surface area contributed by atoms with Gasteiger partial charge in [0.25, 0.3) is 0 Å². The maximum atomic E-state index is 11.7. The molecule has 0 spiro atoms. The highest BCUT2D eigenvalue weighted by Crippen LogP contribution is 2.20. The lowest BCUT2D eigenvalue weighted by Crippen LogP contribution is -2.07. The maximum Gasteiger partial charge on any atom is 0.331 e. The van der Waals surface area contributed by atoms with E-state index in [0.29, 0.717) is 0 Å². The van der Waals surface area contributed by atoms with Crippen LogP contribution in [-0.4, -0.2) is 5.97 Å². The first-order valence-electron chi connectivity index (χ1n) is 6.91. The molecule has 0 saturated carbocycles. The summed E-state index contributed by atoms with van der Waals surface area (Å²) in [6, 6.07) is 19.6. The smallest absolute Gasteiger partial charge is 0.331 e. The van der Waals surface area contributed by atoms with E-state index in [4.69, 9.17) is 4.74 Å². The van der Waals surface area contributed by atoms with Gasteiger partial charge in [0, 0.05) is 6.08 Å². The molecule has 1 atom stereocenters. The van der Waals surface area contributed by atoms with E-state index in [1.165, 1.54) is 6.08 Å². The Kier molecular flexibility index (Phi) is 5.53. The summed E-state index contributed by atoms with van der Waals surface area (Å²) >= 11 is 0. The van der Waals surface area contributed by atoms with Crippen molar-refractivity contribution in [1.82, 2.24) is 0 Å². The van der Waals surface area contributed by atoms with Crippen molar-refractivity contribution in [3.63, 3.8) is 0 Å². The van der Waals surface area contributed by atoms with E-state index in [2.05, 4.69) is 0 Å². The van der Waals surface area contributed by atoms with Crippen LogP contribution in [0, 0.1) is 0 Å². The number of esters is 1. The fourth-order valence-electron chi connectivity index (χ4n) is 1.92. The van der Waals surface area contributed by atoms with E-state index in [0.717, 1.165) is 11.1 Å². The van der Waals surface area contributed by atoms with E-state index in [1.54, 1.807) is 13.0 Å². The summed E-state index contributed by atoms with van der Waals surface area (Å²) in [5.41, 5.74) is 2.02. The van der Waals surface area contributed by atoms with Crippen LogP contribution in [0.2, 0.25) is 0 Å². The number of allylic oxidation sites excluding steroid dienone is 1. The molecule has 2 heteroatoms. The van der Waals surface area contributed by atoms with Crippen molar-refractivity contribution in [1.29, 1.82) is 0 Å². The van der Waals surface area contributed by atoms with Gasteiger partial charge in [-0.25, -0.2) is 4.79 Å². The number of rotatable bonds is 5. The summed E-state index contributed by atoms with van der Waals surface area (Å²) in [4.78, 5) is 11.7. The summed E-state index contributed by atoms with van der Waals surface area (Å²) in [7, 11) is 0. The van der Waals surface area contributed by atoms with Crippen LogP contribution in [0.3, 0.4) is 0 Å². The maximum absolute atomic E-state index is 11.7. The lowest BCUT2D eigenvalue weighted by Gasteiger charge is -2.13. The second kappa shape index (κ2) is 7.85. The molecule has 1 unspecified atom stereocenters. The summed E-state index contributed by atoms with van der Waals surface area (Å²) in [5.74, 6) is -0.343. The molecule has 0 radical (unpaired) electrons. The van der Waals surface area contributed by atoms with Gasteiger partial charge in [-0.3, -0.25) is 0 Å². The van der Waals surface area contributed by atoms with E-state index in [9.17, 15) is 4.79 Å². The summed E-state index contributed by atoms with van der Waals surface area (Å²) in [5, 5.41) is 0. The fraction of sp³-hybridized carbons (Fsp3) is 0.105. The third-order valence-corrected chi connectivity index (χ3v) is 2.94. The number of ether oxygens (including phenoxy) is 1. The largest absolute Gasteiger partial charge is 0.450 e. The molecule has 0 amide bonds. The number of hydrogen-bond acceptors (Lipinski definition) is 2. The average molecular weight is 278 g/mol. The van der Waals surface area contributed by atoms with E-state index >= 15 is 0 Å². The minimum atomic E-state index is -0.393. The molecule has 0 heterocycles. The Morgan fingerprint density at radius 2 is 1.62 bits per heavy atom. The first-order chi connectivity index (χ1) is 10.3. The first kappa shape index (κ1) is 14.8. The molecule has 106 valence electrons. The molecule has 0 fully saturated rings. The van der Waals surface area contributed by atoms with Crippen molar-refractivity contribution >= 4 is 12.0 Å². The number of carbonyl (C=O) groups excluding carboxylic acids is 1. The van der Waals surface area contributed by atoms with Gasteiger partial charge in [-0.05, 0) is 24.1 Å². The van der Waals surface area contributed by atoms with Crippen LogP contribution in [0.5, 0.6) is 0 Å². The van der Waals surface area contributed by atoms with Crippen molar-refractivity contribution in [2.45, 2.75) is 13.0 Å². The zero-order valence-electron chi connectivity index (χ0n) is 12.0. The summed E-state index contributed by atoms with van der Waals surface area (Å²) in [6.07, 6.45) is 6.56. The van der Waals surface area contributed by atoms with Gasteiger partial charge in [-0.15, -0.1) is 0 Å². The molecular weight excluding hydrogens is 260 g/mol. The second-order valence-corrected chi connectivity index (χ2v) is 4.54. The van der Waals surface area contributed by atoms with Gasteiger partial charge in [0.15, 0.2) is 0 Å². The predicted molar refractivity (Wildman–Crippen MR) is 85.6 cm³/mol. The van der Waals surface area contributed by atoms with E-state index in [-0.39, 0.29) is 5.97 Å². The fourth-order valence-corrected chi connectivity index (χ4v) is 1.92. The second-order valence-electron chi connectivity index (χ2n) is 4.54. The lowest BCUT2D eigenvalue weighted by atomic mass is 10.1. The molecule has 0 saturated heterocycles. The Hall–Kier alpha value is -2.61. The monoisotopic (exact) mass is 278 g/mol. The van der Waals surface area contributed by atoms with Crippen molar-refractivity contribution in [3.8, 4) is 0 Å². The summed E-state index contributed by atoms with van der Waals surface area (Å²) < 4.78 is 5.49. The van der Waals surface area contributed by atoms with Gasteiger partial charge in [0.1, 0.15) is 6.10 Å². The van der Waals surface area contributed by atoms with Gasteiger partial charge in [0.05, 0.1) is 0 Å². The highest BCUT2D eigenvalue weighted by molar-refractivity contribution is 5.82. The van der Waals surface area contributed by atoms with Gasteiger partial charge in [-0.1, -0.05) is 72.8 Å². The normalized spacial score (nSPS) is 12.6. The molecule has 0 aliphatic rings. The molecule has 0 aliphatic carbocycles. The number of hydrogen-bond donors (Lipinski definition) is 0. The zero-order valence-corrected chi connectivity index (χ0v) is 12.0. The zero-order chi connectivity index (χ0) is 14.9. The van der Waals surface area contributed by atoms with Crippen LogP contribution < -0.4 is 0 Å². The van der Waals surface area contributed by atoms with Crippen LogP contribution in [0.15, 0.2) is 78.9 Å². The number of benzene rings is 2. The summed E-state index contributed by atoms with van der Waals surface area (Å²) in [6.45, 7) is 1.79. The van der Waals surface area contributed by atoms with Gasteiger partial charge in [-0.2, -0.15) is 0 Å². The Labute approximate surface area is 125 Å². The highest BCUT2D eigenvalue weighted by Gasteiger charge is 2.11. The Bertz CT molecular complexity index is 613. The molecule has 21 heavy (non-hydrogen) atoms. The quantitative estimate of drug-likeness (QED) is 0.592. The first-order valence-corrected chi connectivity index (χ1v) is 6.91. The SMILES string of the molecule is C/C=C/C(=O)OC(/C=C/c1ccccc1)c1ccccc1. The minimum Gasteiger partial charge on any atom is -0.450 e. The van der Waals surface area contributed by atoms with Gasteiger partial charge < -0.3 is 4.74 Å². The van der Waals surface area contributed by atoms with Crippen molar-refractivity contribution in [2.75, 3.05) is 0 Å². The van der Waals surface area contributed by atoms with Crippen LogP contribution in [0.25, 0.3) is 6.08 Å². The lowest BCUT2D eigenvalue weighted by molar-refractivity contribution is -0.141. The van der Waals surface area contributed by atoms with Crippen molar-refractivity contribution < 1.29 is 9.53 Å². The molecule has 2 nitrogen and oxygen atoms in total. The van der Waals surface area contributed by atoms with Crippen LogP contribution in [0.4, 0.5) is 0 Å². The molecule has 2 rings (SSSR count). The topological polar surface area (TPSA) is 26.3 Å². The third kappa shape index (κ3) is 4.77. The predicted octanol–water partition coefficient (Wildman–Crippen LogP) is 4.56. The number of carbonyl (C=O) groups is 1. The Balaban J connectivity index is 2.20. The van der Waals surface area contributed by atoms with Crippen molar-refractivity contribution in [3.05, 3.63) is 90.0 Å². The molecular formula is C19H18O2. The van der Waals surface area contributed by atoms with Crippen molar-refractivity contribution in [2.24, 2.45) is 0 Å². The van der Waals surface area contributed by atoms with Crippen LogP contribution in [0.1, 0.15) is 24.2 Å². The van der Waals surface area contributed by atoms with Gasteiger partial charge in [0.2, 0.25) is 0 Å². The molecule has 0 N–H and O–H groups in total. The van der Waals surface area contributed by atoms with Crippen LogP contribution >= 0.6 is 0 Å². The highest BCUT2D eigenvalue weighted by atomic mass is 16.5. The third-order valence-electron chi connectivity index (χ3n) is 2.94. The Morgan fingerprint density at radius 3 is 2.24 bits per heavy atom. The standard InChI is InChI=1S/C19H18O2/c1-2-9-19(20)21-18(17-12-7-4-8-13-17)15-14-16-10-5-3-6-11-16/h2-15,18H,1H3/b9-2+,15-14+. The average Bonchev–Trinajstić information content (AvgIpc) is 2.53. The van der Waals surface area contributed by atoms with E-state index < -0.39 is 6.10 Å². The molecule has 2 aromatic rings. The van der Waals surface area contributed by atoms with E-state index in [1.807, 2.05) is 72.8 Å². The molecule has 0 bridgehead atoms.